The number of ether oxygens (including phenoxy) is 2. The third-order valence-corrected chi connectivity index (χ3v) is 3.57. The Kier molecular flexibility index (Phi) is 3.62. The quantitative estimate of drug-likeness (QED) is 0.471. The second-order valence-corrected chi connectivity index (χ2v) is 4.94. The van der Waals surface area contributed by atoms with Crippen molar-refractivity contribution in [3.8, 4) is 11.1 Å². The third kappa shape index (κ3) is 2.62. The summed E-state index contributed by atoms with van der Waals surface area (Å²) in [5.41, 5.74) is 3.23. The molecule has 0 amide bonds. The summed E-state index contributed by atoms with van der Waals surface area (Å²) < 4.78 is 9.14. The van der Waals surface area contributed by atoms with Gasteiger partial charge in [-0.1, -0.05) is 48.5 Å². The first-order chi connectivity index (χ1) is 10.2. The minimum Gasteiger partial charge on any atom is -0.433 e. The summed E-state index contributed by atoms with van der Waals surface area (Å²) in [6.45, 7) is 0.0943. The molecule has 5 heteroatoms. The molecule has 0 aromatic heterocycles. The largest absolute Gasteiger partial charge is 0.517 e. The van der Waals surface area contributed by atoms with E-state index < -0.39 is 11.6 Å². The maximum absolute atomic E-state index is 11.3. The Labute approximate surface area is 126 Å². The molecule has 2 aromatic rings. The third-order valence-electron chi connectivity index (χ3n) is 3.49. The average Bonchev–Trinajstić information content (AvgIpc) is 2.79. The predicted molar refractivity (Wildman–Crippen MR) is 77.4 cm³/mol. The first kappa shape index (κ1) is 13.6. The van der Waals surface area contributed by atoms with E-state index in [4.69, 9.17) is 16.3 Å². The van der Waals surface area contributed by atoms with E-state index in [1.54, 1.807) is 0 Å². The van der Waals surface area contributed by atoms with Crippen LogP contribution in [-0.2, 0) is 9.47 Å². The highest BCUT2D eigenvalue weighted by Crippen LogP contribution is 2.44. The molecular formula is C16H11ClO4. The first-order valence-corrected chi connectivity index (χ1v) is 6.77. The van der Waals surface area contributed by atoms with Crippen molar-refractivity contribution in [3.63, 3.8) is 0 Å². The smallest absolute Gasteiger partial charge is 0.433 e. The van der Waals surface area contributed by atoms with Crippen LogP contribution in [0, 0.1) is 0 Å². The molecule has 0 bridgehead atoms. The topological polar surface area (TPSA) is 52.6 Å². The van der Waals surface area contributed by atoms with Gasteiger partial charge >= 0.3 is 11.6 Å². The number of hydrogen-bond acceptors (Lipinski definition) is 4. The van der Waals surface area contributed by atoms with Gasteiger partial charge in [-0.05, 0) is 22.3 Å². The van der Waals surface area contributed by atoms with Gasteiger partial charge in [-0.2, -0.15) is 0 Å². The van der Waals surface area contributed by atoms with Gasteiger partial charge < -0.3 is 9.47 Å². The van der Waals surface area contributed by atoms with Crippen LogP contribution in [0.1, 0.15) is 17.0 Å². The molecule has 0 radical (unpaired) electrons. The molecule has 4 nitrogen and oxygen atoms in total. The van der Waals surface area contributed by atoms with Crippen LogP contribution in [0.5, 0.6) is 0 Å². The van der Waals surface area contributed by atoms with Gasteiger partial charge in [-0.3, -0.25) is 0 Å². The number of carbonyl (C=O) groups is 2. The normalized spacial score (nSPS) is 12.4. The van der Waals surface area contributed by atoms with Gasteiger partial charge in [0.15, 0.2) is 0 Å². The molecule has 1 aliphatic carbocycles. The minimum atomic E-state index is -1.20. The van der Waals surface area contributed by atoms with Crippen LogP contribution < -0.4 is 0 Å². The molecule has 106 valence electrons. The van der Waals surface area contributed by atoms with Crippen molar-refractivity contribution >= 4 is 23.2 Å². The van der Waals surface area contributed by atoms with Crippen molar-refractivity contribution in [3.05, 3.63) is 59.7 Å². The van der Waals surface area contributed by atoms with Gasteiger partial charge in [-0.15, -0.1) is 0 Å². The maximum Gasteiger partial charge on any atom is 0.517 e. The molecule has 3 rings (SSSR count). The summed E-state index contributed by atoms with van der Waals surface area (Å²) >= 11 is 4.97. The Morgan fingerprint density at radius 2 is 1.48 bits per heavy atom. The highest BCUT2D eigenvalue weighted by Gasteiger charge is 2.29. The molecule has 1 aliphatic rings. The van der Waals surface area contributed by atoms with Gasteiger partial charge in [0.05, 0.1) is 0 Å². The monoisotopic (exact) mass is 302 g/mol. The molecule has 21 heavy (non-hydrogen) atoms. The van der Waals surface area contributed by atoms with Crippen LogP contribution in [0.2, 0.25) is 0 Å². The summed E-state index contributed by atoms with van der Waals surface area (Å²) in [5, 5.41) is 0. The summed E-state index contributed by atoms with van der Waals surface area (Å²) in [5.74, 6) is -0.0737. The Balaban J connectivity index is 1.85. The Morgan fingerprint density at radius 3 is 2.00 bits per heavy atom. The van der Waals surface area contributed by atoms with Crippen LogP contribution in [-0.4, -0.2) is 18.2 Å². The highest BCUT2D eigenvalue weighted by atomic mass is 35.5. The van der Waals surface area contributed by atoms with Crippen LogP contribution >= 0.6 is 11.6 Å². The maximum atomic E-state index is 11.3. The van der Waals surface area contributed by atoms with Crippen molar-refractivity contribution in [1.29, 1.82) is 0 Å². The number of halogens is 1. The molecule has 0 fully saturated rings. The van der Waals surface area contributed by atoms with Crippen LogP contribution in [0.25, 0.3) is 11.1 Å². The van der Waals surface area contributed by atoms with Gasteiger partial charge in [0.1, 0.15) is 6.61 Å². The molecule has 0 saturated carbocycles. The molecule has 0 atom stereocenters. The zero-order valence-corrected chi connectivity index (χ0v) is 11.7. The van der Waals surface area contributed by atoms with E-state index in [0.717, 1.165) is 22.3 Å². The molecular weight excluding hydrogens is 292 g/mol. The zero-order chi connectivity index (χ0) is 14.8. The summed E-state index contributed by atoms with van der Waals surface area (Å²) in [7, 11) is 0. The Hall–Kier alpha value is -2.33. The zero-order valence-electron chi connectivity index (χ0n) is 10.9. The van der Waals surface area contributed by atoms with Crippen molar-refractivity contribution in [2.45, 2.75) is 5.92 Å². The number of fused-ring (bicyclic) bond motifs is 3. The summed E-state index contributed by atoms with van der Waals surface area (Å²) in [6.07, 6.45) is -1.09. The van der Waals surface area contributed by atoms with Crippen molar-refractivity contribution in [1.82, 2.24) is 0 Å². The fourth-order valence-electron chi connectivity index (χ4n) is 2.69. The van der Waals surface area contributed by atoms with Gasteiger partial charge in [0.25, 0.3) is 0 Å². The minimum absolute atomic E-state index is 0.0737. The molecule has 0 unspecified atom stereocenters. The summed E-state index contributed by atoms with van der Waals surface area (Å²) in [4.78, 5) is 21.8. The second kappa shape index (κ2) is 5.58. The van der Waals surface area contributed by atoms with E-state index in [1.807, 2.05) is 48.5 Å². The lowest BCUT2D eigenvalue weighted by molar-refractivity contribution is 0.0808. The van der Waals surface area contributed by atoms with E-state index >= 15 is 0 Å². The van der Waals surface area contributed by atoms with E-state index in [9.17, 15) is 9.59 Å². The predicted octanol–water partition coefficient (Wildman–Crippen LogP) is 4.31. The van der Waals surface area contributed by atoms with Crippen molar-refractivity contribution in [2.24, 2.45) is 0 Å². The van der Waals surface area contributed by atoms with Crippen molar-refractivity contribution in [2.75, 3.05) is 6.61 Å². The number of rotatable bonds is 2. The van der Waals surface area contributed by atoms with Crippen molar-refractivity contribution < 1.29 is 19.1 Å². The van der Waals surface area contributed by atoms with Gasteiger partial charge in [0, 0.05) is 17.5 Å². The molecule has 0 heterocycles. The lowest BCUT2D eigenvalue weighted by Gasteiger charge is -2.13. The molecule has 0 aliphatic heterocycles. The van der Waals surface area contributed by atoms with Gasteiger partial charge in [0.2, 0.25) is 0 Å². The van der Waals surface area contributed by atoms with Crippen LogP contribution in [0.15, 0.2) is 48.5 Å². The van der Waals surface area contributed by atoms with Crippen LogP contribution in [0.3, 0.4) is 0 Å². The first-order valence-electron chi connectivity index (χ1n) is 6.39. The summed E-state index contributed by atoms with van der Waals surface area (Å²) in [6, 6.07) is 15.9. The van der Waals surface area contributed by atoms with Gasteiger partial charge in [-0.25, -0.2) is 9.59 Å². The standard InChI is InChI=1S/C16H11ClO4/c17-15(18)21-16(19)20-9-14-12-7-3-1-5-10(12)11-6-2-4-8-13(11)14/h1-8,14H,9H2. The fourth-order valence-corrected chi connectivity index (χ4v) is 2.75. The highest BCUT2D eigenvalue weighted by molar-refractivity contribution is 6.61. The van der Waals surface area contributed by atoms with E-state index in [1.165, 1.54) is 0 Å². The lowest BCUT2D eigenvalue weighted by Crippen LogP contribution is -2.14. The Morgan fingerprint density at radius 1 is 0.952 bits per heavy atom. The van der Waals surface area contributed by atoms with E-state index in [2.05, 4.69) is 4.74 Å². The number of hydrogen-bond donors (Lipinski definition) is 0. The molecule has 2 aromatic carbocycles. The molecule has 0 saturated heterocycles. The molecule has 0 spiro atoms. The Bertz CT molecular complexity index is 665. The van der Waals surface area contributed by atoms with Crippen LogP contribution in [0.4, 0.5) is 9.59 Å². The lowest BCUT2D eigenvalue weighted by atomic mass is 9.98. The average molecular weight is 303 g/mol. The van der Waals surface area contributed by atoms with E-state index in [-0.39, 0.29) is 12.5 Å². The SMILES string of the molecule is O=C(Cl)OC(=O)OCC1c2ccccc2-c2ccccc21. The number of benzene rings is 2. The molecule has 0 N–H and O–H groups in total. The van der Waals surface area contributed by atoms with E-state index in [0.29, 0.717) is 0 Å². The fraction of sp³-hybridized carbons (Fsp3) is 0.125. The number of carbonyl (C=O) groups excluding carboxylic acids is 2. The second-order valence-electron chi connectivity index (χ2n) is 4.63.